The fraction of sp³-hybridized carbons (Fsp3) is 0.871. The van der Waals surface area contributed by atoms with Crippen molar-refractivity contribution in [3.63, 3.8) is 0 Å². The van der Waals surface area contributed by atoms with Crippen molar-refractivity contribution in [3.05, 3.63) is 11.6 Å². The molecule has 216 valence electrons. The van der Waals surface area contributed by atoms with E-state index in [4.69, 9.17) is 13.6 Å². The molecule has 0 aromatic heterocycles. The molecule has 0 spiro atoms. The van der Waals surface area contributed by atoms with Crippen molar-refractivity contribution >= 4 is 28.4 Å². The number of methoxy groups -OCH3 is 1. The molecule has 5 nitrogen and oxygen atoms in total. The van der Waals surface area contributed by atoms with E-state index >= 15 is 0 Å². The fourth-order valence-electron chi connectivity index (χ4n) is 9.23. The maximum atomic E-state index is 12.6. The lowest BCUT2D eigenvalue weighted by Crippen LogP contribution is -2.63. The second-order valence-corrected chi connectivity index (χ2v) is 24.3. The number of esters is 1. The first-order valence-corrected chi connectivity index (χ1v) is 22.0. The van der Waals surface area contributed by atoms with Crippen molar-refractivity contribution < 1.29 is 23.2 Å². The third-order valence-corrected chi connectivity index (χ3v) is 12.8. The van der Waals surface area contributed by atoms with E-state index in [0.29, 0.717) is 48.2 Å². The number of hydrogen-bond acceptors (Lipinski definition) is 5. The monoisotopic (exact) mass is 562 g/mol. The second-order valence-electron chi connectivity index (χ2n) is 15.4. The predicted molar refractivity (Wildman–Crippen MR) is 158 cm³/mol. The molecule has 7 heteroatoms. The van der Waals surface area contributed by atoms with Gasteiger partial charge in [0, 0.05) is 12.8 Å². The van der Waals surface area contributed by atoms with Gasteiger partial charge in [-0.3, -0.25) is 9.59 Å². The first kappa shape index (κ1) is 30.2. The molecule has 4 aliphatic carbocycles. The van der Waals surface area contributed by atoms with Crippen molar-refractivity contribution in [2.45, 2.75) is 124 Å². The van der Waals surface area contributed by atoms with Crippen molar-refractivity contribution in [1.82, 2.24) is 0 Å². The van der Waals surface area contributed by atoms with Gasteiger partial charge in [0.2, 0.25) is 0 Å². The number of fused-ring (bicyclic) bond motifs is 5. The number of carbonyl (C=O) groups excluding carboxylic acids is 2. The van der Waals surface area contributed by atoms with Crippen LogP contribution in [0.2, 0.25) is 39.3 Å². The molecule has 0 radical (unpaired) electrons. The summed E-state index contributed by atoms with van der Waals surface area (Å²) in [6.07, 6.45) is 9.71. The third kappa shape index (κ3) is 5.68. The number of hydrogen-bond donors (Lipinski definition) is 0. The SMILES string of the molecule is COC(=O)CC[C@@H](C)[C@H]1CCC2C3C(C[C@H](O[Si](C)(C)C)[C@@]21C)[C@@]1(C)CCC(=O)C=C1C[C@H]3O[Si](C)(C)C. The number of rotatable bonds is 8. The van der Waals surface area contributed by atoms with E-state index in [9.17, 15) is 9.59 Å². The van der Waals surface area contributed by atoms with Crippen LogP contribution in [0.25, 0.3) is 0 Å². The minimum atomic E-state index is -1.82. The molecule has 0 saturated heterocycles. The topological polar surface area (TPSA) is 61.8 Å². The van der Waals surface area contributed by atoms with Gasteiger partial charge < -0.3 is 13.6 Å². The summed E-state index contributed by atoms with van der Waals surface area (Å²) in [4.78, 5) is 24.6. The van der Waals surface area contributed by atoms with Crippen molar-refractivity contribution in [3.8, 4) is 0 Å². The van der Waals surface area contributed by atoms with E-state index in [2.05, 4.69) is 60.1 Å². The Morgan fingerprint density at radius 1 is 1.05 bits per heavy atom. The zero-order valence-electron chi connectivity index (χ0n) is 25.8. The molecule has 38 heavy (non-hydrogen) atoms. The van der Waals surface area contributed by atoms with Crippen molar-refractivity contribution in [1.29, 1.82) is 0 Å². The predicted octanol–water partition coefficient (Wildman–Crippen LogP) is 7.38. The summed E-state index contributed by atoms with van der Waals surface area (Å²) in [5, 5.41) is 0. The van der Waals surface area contributed by atoms with E-state index in [1.807, 2.05) is 6.08 Å². The Bertz CT molecular complexity index is 949. The molecule has 0 aromatic carbocycles. The quantitative estimate of drug-likeness (QED) is 0.228. The van der Waals surface area contributed by atoms with Crippen LogP contribution in [0, 0.1) is 40.4 Å². The minimum absolute atomic E-state index is 0.0504. The van der Waals surface area contributed by atoms with E-state index in [-0.39, 0.29) is 29.0 Å². The highest BCUT2D eigenvalue weighted by atomic mass is 28.4. The van der Waals surface area contributed by atoms with Gasteiger partial charge in [-0.15, -0.1) is 0 Å². The molecule has 0 aliphatic heterocycles. The van der Waals surface area contributed by atoms with Gasteiger partial charge >= 0.3 is 5.97 Å². The maximum absolute atomic E-state index is 12.6. The Balaban J connectivity index is 1.77. The Morgan fingerprint density at radius 2 is 1.71 bits per heavy atom. The van der Waals surface area contributed by atoms with Gasteiger partial charge in [-0.25, -0.2) is 0 Å². The average molecular weight is 563 g/mol. The first-order valence-electron chi connectivity index (χ1n) is 15.2. The van der Waals surface area contributed by atoms with Crippen LogP contribution >= 0.6 is 0 Å². The van der Waals surface area contributed by atoms with Crippen LogP contribution in [-0.4, -0.2) is 47.7 Å². The summed E-state index contributed by atoms with van der Waals surface area (Å²) in [6, 6.07) is 0. The largest absolute Gasteiger partial charge is 0.469 e. The standard InChI is InChI=1S/C31H54O5Si2/c1-20(11-14-28(33)34-4)23-12-13-24-29-25(19-27(31(23,24)3)36-38(8,9)10)30(2)16-15-22(32)17-21(30)18-26(29)35-37(5,6)7/h17,20,23-27,29H,11-16,18-19H2,1-10H3/t20-,23-,24?,25?,26-,27+,29?,30+,31-/m1/s1. The van der Waals surface area contributed by atoms with Gasteiger partial charge in [0.1, 0.15) is 0 Å². The summed E-state index contributed by atoms with van der Waals surface area (Å²) < 4.78 is 19.2. The maximum Gasteiger partial charge on any atom is 0.305 e. The molecular weight excluding hydrogens is 509 g/mol. The fourth-order valence-corrected chi connectivity index (χ4v) is 11.6. The molecule has 0 amide bonds. The first-order chi connectivity index (χ1) is 17.5. The highest BCUT2D eigenvalue weighted by molar-refractivity contribution is 6.70. The van der Waals surface area contributed by atoms with E-state index in [1.165, 1.54) is 25.5 Å². The lowest BCUT2D eigenvalue weighted by molar-refractivity contribution is -0.160. The molecule has 0 heterocycles. The van der Waals surface area contributed by atoms with Crippen LogP contribution in [0.1, 0.15) is 72.1 Å². The summed E-state index contributed by atoms with van der Waals surface area (Å²) in [7, 11) is -2.13. The number of carbonyl (C=O) groups is 2. The zero-order valence-corrected chi connectivity index (χ0v) is 27.8. The summed E-state index contributed by atoms with van der Waals surface area (Å²) >= 11 is 0. The zero-order chi connectivity index (χ0) is 28.3. The van der Waals surface area contributed by atoms with Crippen LogP contribution in [0.3, 0.4) is 0 Å². The molecule has 4 rings (SSSR count). The molecule has 0 N–H and O–H groups in total. The highest BCUT2D eigenvalue weighted by Crippen LogP contribution is 2.69. The molecule has 3 unspecified atom stereocenters. The van der Waals surface area contributed by atoms with Crippen LogP contribution in [0.15, 0.2) is 11.6 Å². The second kappa shape index (κ2) is 10.6. The molecular formula is C31H54O5Si2. The summed E-state index contributed by atoms with van der Waals surface area (Å²) in [5.74, 6) is 2.63. The van der Waals surface area contributed by atoms with Crippen molar-refractivity contribution in [2.75, 3.05) is 7.11 Å². The summed E-state index contributed by atoms with van der Waals surface area (Å²) in [5.41, 5.74) is 1.45. The smallest absolute Gasteiger partial charge is 0.305 e. The number of ketones is 1. The van der Waals surface area contributed by atoms with Gasteiger partial charge in [0.25, 0.3) is 0 Å². The molecule has 3 fully saturated rings. The van der Waals surface area contributed by atoms with Crippen LogP contribution in [0.4, 0.5) is 0 Å². The van der Waals surface area contributed by atoms with Crippen LogP contribution in [0.5, 0.6) is 0 Å². The van der Waals surface area contributed by atoms with Crippen molar-refractivity contribution in [2.24, 2.45) is 40.4 Å². The van der Waals surface area contributed by atoms with Gasteiger partial charge in [-0.1, -0.05) is 26.3 Å². The van der Waals surface area contributed by atoms with E-state index in [0.717, 1.165) is 25.7 Å². The Hall–Kier alpha value is -0.766. The Kier molecular flexibility index (Phi) is 8.40. The van der Waals surface area contributed by atoms with Gasteiger partial charge in [-0.05, 0) is 124 Å². The summed E-state index contributed by atoms with van der Waals surface area (Å²) in [6.45, 7) is 21.2. The lowest BCUT2D eigenvalue weighted by Gasteiger charge is -2.63. The highest BCUT2D eigenvalue weighted by Gasteiger charge is 2.66. The van der Waals surface area contributed by atoms with E-state index in [1.54, 1.807) is 0 Å². The normalized spacial score (nSPS) is 40.1. The van der Waals surface area contributed by atoms with Crippen LogP contribution in [-0.2, 0) is 23.2 Å². The van der Waals surface area contributed by atoms with E-state index < -0.39 is 16.6 Å². The third-order valence-electron chi connectivity index (χ3n) is 10.8. The molecule has 0 bridgehead atoms. The molecule has 3 saturated carbocycles. The van der Waals surface area contributed by atoms with Gasteiger partial charge in [-0.2, -0.15) is 0 Å². The number of ether oxygens (including phenoxy) is 1. The Labute approximate surface area is 234 Å². The van der Waals surface area contributed by atoms with Crippen LogP contribution < -0.4 is 0 Å². The van der Waals surface area contributed by atoms with Gasteiger partial charge in [0.15, 0.2) is 22.4 Å². The molecule has 9 atom stereocenters. The minimum Gasteiger partial charge on any atom is -0.469 e. The average Bonchev–Trinajstić information content (AvgIpc) is 3.15. The Morgan fingerprint density at radius 3 is 2.32 bits per heavy atom. The van der Waals surface area contributed by atoms with Gasteiger partial charge in [0.05, 0.1) is 19.3 Å². The molecule has 0 aromatic rings. The lowest BCUT2D eigenvalue weighted by atomic mass is 9.45. The molecule has 4 aliphatic rings.